The molecule has 0 aliphatic carbocycles. The lowest BCUT2D eigenvalue weighted by molar-refractivity contribution is 0.0607. The second kappa shape index (κ2) is 6.02. The number of nitrogen functional groups attached to an aromatic ring is 1. The predicted molar refractivity (Wildman–Crippen MR) is 80.5 cm³/mol. The molecule has 2 heterocycles. The van der Waals surface area contributed by atoms with E-state index in [1.165, 1.54) is 25.0 Å². The van der Waals surface area contributed by atoms with E-state index >= 15 is 0 Å². The van der Waals surface area contributed by atoms with Gasteiger partial charge in [-0.05, 0) is 57.0 Å². The van der Waals surface area contributed by atoms with E-state index < -0.39 is 5.82 Å². The van der Waals surface area contributed by atoms with Gasteiger partial charge in [-0.2, -0.15) is 0 Å². The average molecular weight is 291 g/mol. The zero-order chi connectivity index (χ0) is 14.8. The van der Waals surface area contributed by atoms with Crippen LogP contribution in [0, 0.1) is 5.82 Å². The van der Waals surface area contributed by atoms with Crippen LogP contribution in [0.25, 0.3) is 0 Å². The van der Waals surface area contributed by atoms with Gasteiger partial charge >= 0.3 is 0 Å². The van der Waals surface area contributed by atoms with Crippen LogP contribution in [0.1, 0.15) is 36.0 Å². The van der Waals surface area contributed by atoms with E-state index in [-0.39, 0.29) is 5.91 Å². The molecule has 2 N–H and O–H groups in total. The summed E-state index contributed by atoms with van der Waals surface area (Å²) >= 11 is 0. The van der Waals surface area contributed by atoms with Gasteiger partial charge in [-0.1, -0.05) is 0 Å². The number of anilines is 1. The van der Waals surface area contributed by atoms with Crippen LogP contribution in [0.5, 0.6) is 0 Å². The standard InChI is InChI=1S/C16H22FN3O/c17-13-8-12(9-14(18)10-13)16(21)20-7-3-4-15(11-20)19-5-1-2-6-19/h8-10,15H,1-7,11,18H2. The van der Waals surface area contributed by atoms with Crippen LogP contribution >= 0.6 is 0 Å². The fourth-order valence-corrected chi connectivity index (χ4v) is 3.46. The van der Waals surface area contributed by atoms with Crippen LogP contribution < -0.4 is 5.73 Å². The summed E-state index contributed by atoms with van der Waals surface area (Å²) in [5.74, 6) is -0.559. The van der Waals surface area contributed by atoms with Crippen molar-refractivity contribution < 1.29 is 9.18 Å². The highest BCUT2D eigenvalue weighted by Gasteiger charge is 2.29. The second-order valence-electron chi connectivity index (χ2n) is 6.06. The van der Waals surface area contributed by atoms with Crippen molar-refractivity contribution in [2.45, 2.75) is 31.7 Å². The number of halogens is 1. The van der Waals surface area contributed by atoms with Gasteiger partial charge in [-0.25, -0.2) is 4.39 Å². The molecule has 0 spiro atoms. The van der Waals surface area contributed by atoms with Crippen molar-refractivity contribution in [2.75, 3.05) is 31.9 Å². The molecule has 2 aliphatic heterocycles. The van der Waals surface area contributed by atoms with Gasteiger partial charge in [0.2, 0.25) is 0 Å². The molecule has 4 nitrogen and oxygen atoms in total. The third-order valence-electron chi connectivity index (χ3n) is 4.51. The molecule has 1 aromatic carbocycles. The maximum atomic E-state index is 13.4. The van der Waals surface area contributed by atoms with Crippen LogP contribution in [0.2, 0.25) is 0 Å². The number of rotatable bonds is 2. The molecule has 0 radical (unpaired) electrons. The molecule has 0 bridgehead atoms. The maximum absolute atomic E-state index is 13.4. The Hall–Kier alpha value is -1.62. The number of benzene rings is 1. The molecular formula is C16H22FN3O. The number of amides is 1. The fourth-order valence-electron chi connectivity index (χ4n) is 3.46. The van der Waals surface area contributed by atoms with E-state index in [0.29, 0.717) is 17.3 Å². The Morgan fingerprint density at radius 2 is 1.90 bits per heavy atom. The van der Waals surface area contributed by atoms with Gasteiger partial charge in [0.25, 0.3) is 5.91 Å². The number of hydrogen-bond donors (Lipinski definition) is 1. The van der Waals surface area contributed by atoms with E-state index in [0.717, 1.165) is 39.0 Å². The van der Waals surface area contributed by atoms with Crippen molar-refractivity contribution in [2.24, 2.45) is 0 Å². The average Bonchev–Trinajstić information content (AvgIpc) is 3.00. The Kier molecular flexibility index (Phi) is 4.10. The minimum atomic E-state index is -0.452. The quantitative estimate of drug-likeness (QED) is 0.849. The molecule has 2 saturated heterocycles. The van der Waals surface area contributed by atoms with Gasteiger partial charge in [-0.15, -0.1) is 0 Å². The van der Waals surface area contributed by atoms with Crippen LogP contribution in [0.3, 0.4) is 0 Å². The third kappa shape index (κ3) is 3.18. The monoisotopic (exact) mass is 291 g/mol. The predicted octanol–water partition coefficient (Wildman–Crippen LogP) is 2.11. The molecule has 0 saturated carbocycles. The molecule has 2 aliphatic rings. The highest BCUT2D eigenvalue weighted by molar-refractivity contribution is 5.95. The first kappa shape index (κ1) is 14.3. The molecule has 1 atom stereocenters. The van der Waals surface area contributed by atoms with Crippen LogP contribution in [0.4, 0.5) is 10.1 Å². The number of piperidine rings is 1. The first-order chi connectivity index (χ1) is 10.1. The van der Waals surface area contributed by atoms with Gasteiger partial charge in [-0.3, -0.25) is 9.69 Å². The van der Waals surface area contributed by atoms with Crippen molar-refractivity contribution >= 4 is 11.6 Å². The topological polar surface area (TPSA) is 49.6 Å². The van der Waals surface area contributed by atoms with Gasteiger partial charge < -0.3 is 10.6 Å². The number of carbonyl (C=O) groups is 1. The molecule has 3 rings (SSSR count). The summed E-state index contributed by atoms with van der Waals surface area (Å²) in [4.78, 5) is 16.9. The Labute approximate surface area is 124 Å². The molecule has 114 valence electrons. The van der Waals surface area contributed by atoms with Gasteiger partial charge in [0.1, 0.15) is 5.82 Å². The Morgan fingerprint density at radius 1 is 1.14 bits per heavy atom. The molecule has 2 fully saturated rings. The molecule has 0 aromatic heterocycles. The molecular weight excluding hydrogens is 269 g/mol. The van der Waals surface area contributed by atoms with Crippen molar-refractivity contribution in [1.29, 1.82) is 0 Å². The fraction of sp³-hybridized carbons (Fsp3) is 0.562. The highest BCUT2D eigenvalue weighted by atomic mass is 19.1. The summed E-state index contributed by atoms with van der Waals surface area (Å²) in [6.45, 7) is 3.77. The second-order valence-corrected chi connectivity index (χ2v) is 6.06. The van der Waals surface area contributed by atoms with Gasteiger partial charge in [0, 0.05) is 30.4 Å². The van der Waals surface area contributed by atoms with E-state index in [1.54, 1.807) is 6.07 Å². The molecule has 1 amide bonds. The zero-order valence-corrected chi connectivity index (χ0v) is 12.2. The molecule has 21 heavy (non-hydrogen) atoms. The van der Waals surface area contributed by atoms with Crippen molar-refractivity contribution in [3.63, 3.8) is 0 Å². The van der Waals surface area contributed by atoms with Crippen LogP contribution in [0.15, 0.2) is 18.2 Å². The van der Waals surface area contributed by atoms with E-state index in [9.17, 15) is 9.18 Å². The Morgan fingerprint density at radius 3 is 2.62 bits per heavy atom. The normalized spacial score (nSPS) is 23.5. The van der Waals surface area contributed by atoms with Crippen LogP contribution in [-0.2, 0) is 0 Å². The lowest BCUT2D eigenvalue weighted by Crippen LogP contribution is -2.49. The smallest absolute Gasteiger partial charge is 0.254 e. The minimum absolute atomic E-state index is 0.106. The summed E-state index contributed by atoms with van der Waals surface area (Å²) in [7, 11) is 0. The summed E-state index contributed by atoms with van der Waals surface area (Å²) in [6, 6.07) is 4.53. The van der Waals surface area contributed by atoms with E-state index in [4.69, 9.17) is 5.73 Å². The maximum Gasteiger partial charge on any atom is 0.254 e. The van der Waals surface area contributed by atoms with Crippen molar-refractivity contribution in [1.82, 2.24) is 9.80 Å². The summed E-state index contributed by atoms with van der Waals surface area (Å²) in [5, 5.41) is 0. The lowest BCUT2D eigenvalue weighted by atomic mass is 10.0. The largest absolute Gasteiger partial charge is 0.399 e. The zero-order valence-electron chi connectivity index (χ0n) is 12.2. The number of hydrogen-bond acceptors (Lipinski definition) is 3. The summed E-state index contributed by atoms with van der Waals surface area (Å²) in [5.41, 5.74) is 6.29. The molecule has 5 heteroatoms. The van der Waals surface area contributed by atoms with Gasteiger partial charge in [0.15, 0.2) is 0 Å². The van der Waals surface area contributed by atoms with E-state index in [1.807, 2.05) is 4.90 Å². The number of nitrogens with zero attached hydrogens (tertiary/aromatic N) is 2. The third-order valence-corrected chi connectivity index (χ3v) is 4.51. The van der Waals surface area contributed by atoms with Crippen LogP contribution in [-0.4, -0.2) is 47.9 Å². The highest BCUT2D eigenvalue weighted by Crippen LogP contribution is 2.22. The Balaban J connectivity index is 1.71. The lowest BCUT2D eigenvalue weighted by Gasteiger charge is -2.37. The number of nitrogens with two attached hydrogens (primary N) is 1. The van der Waals surface area contributed by atoms with Crippen molar-refractivity contribution in [3.8, 4) is 0 Å². The first-order valence-corrected chi connectivity index (χ1v) is 7.73. The van der Waals surface area contributed by atoms with Gasteiger partial charge in [0.05, 0.1) is 0 Å². The summed E-state index contributed by atoms with van der Waals surface area (Å²) in [6.07, 6.45) is 4.67. The minimum Gasteiger partial charge on any atom is -0.399 e. The molecule has 1 aromatic rings. The van der Waals surface area contributed by atoms with E-state index in [2.05, 4.69) is 4.90 Å². The number of likely N-dealkylation sites (tertiary alicyclic amines) is 2. The SMILES string of the molecule is Nc1cc(F)cc(C(=O)N2CCCC(N3CCCC3)C2)c1. The first-order valence-electron chi connectivity index (χ1n) is 7.73. The van der Waals surface area contributed by atoms with Crippen molar-refractivity contribution in [3.05, 3.63) is 29.6 Å². The number of carbonyl (C=O) groups excluding carboxylic acids is 1. The summed E-state index contributed by atoms with van der Waals surface area (Å²) < 4.78 is 13.4. The Bertz CT molecular complexity index is 508. The molecule has 1 unspecified atom stereocenters.